The van der Waals surface area contributed by atoms with Crippen LogP contribution < -0.4 is 5.32 Å². The molecule has 0 bridgehead atoms. The van der Waals surface area contributed by atoms with E-state index in [1.54, 1.807) is 12.1 Å². The predicted octanol–water partition coefficient (Wildman–Crippen LogP) is 2.87. The van der Waals surface area contributed by atoms with Gasteiger partial charge < -0.3 is 10.1 Å². The van der Waals surface area contributed by atoms with Crippen molar-refractivity contribution in [2.45, 2.75) is 19.3 Å². The monoisotopic (exact) mass is 267 g/mol. The molecule has 5 heteroatoms. The lowest BCUT2D eigenvalue weighted by Crippen LogP contribution is -2.28. The minimum atomic E-state index is -0.453. The summed E-state index contributed by atoms with van der Waals surface area (Å²) in [6.45, 7) is 0. The van der Waals surface area contributed by atoms with E-state index in [2.05, 4.69) is 10.1 Å². The predicted molar refractivity (Wildman–Crippen MR) is 68.8 cm³/mol. The third-order valence-electron chi connectivity index (χ3n) is 3.12. The van der Waals surface area contributed by atoms with E-state index in [4.69, 9.17) is 11.6 Å². The third kappa shape index (κ3) is 2.64. The number of hydrogen-bond donors (Lipinski definition) is 1. The van der Waals surface area contributed by atoms with Crippen LogP contribution in [0.4, 0.5) is 5.69 Å². The molecule has 0 saturated heterocycles. The van der Waals surface area contributed by atoms with E-state index in [0.717, 1.165) is 19.3 Å². The van der Waals surface area contributed by atoms with Gasteiger partial charge in [-0.1, -0.05) is 18.0 Å². The zero-order valence-corrected chi connectivity index (χ0v) is 10.8. The van der Waals surface area contributed by atoms with Gasteiger partial charge in [-0.05, 0) is 31.0 Å². The minimum Gasteiger partial charge on any atom is -0.465 e. The van der Waals surface area contributed by atoms with Gasteiger partial charge in [-0.25, -0.2) is 4.79 Å². The summed E-state index contributed by atoms with van der Waals surface area (Å²) < 4.78 is 4.62. The minimum absolute atomic E-state index is 0.0369. The second kappa shape index (κ2) is 5.40. The molecule has 1 aromatic carbocycles. The van der Waals surface area contributed by atoms with Crippen LogP contribution in [0.2, 0.25) is 5.02 Å². The van der Waals surface area contributed by atoms with Crippen molar-refractivity contribution >= 4 is 29.2 Å². The Kier molecular flexibility index (Phi) is 3.87. The van der Waals surface area contributed by atoms with Crippen molar-refractivity contribution in [1.29, 1.82) is 0 Å². The fourth-order valence-corrected chi connectivity index (χ4v) is 1.94. The van der Waals surface area contributed by atoms with E-state index in [1.165, 1.54) is 13.2 Å². The van der Waals surface area contributed by atoms with Crippen LogP contribution in [0.25, 0.3) is 0 Å². The van der Waals surface area contributed by atoms with Crippen molar-refractivity contribution in [3.63, 3.8) is 0 Å². The van der Waals surface area contributed by atoms with Crippen LogP contribution in [0.15, 0.2) is 18.2 Å². The van der Waals surface area contributed by atoms with Gasteiger partial charge in [0, 0.05) is 5.92 Å². The summed E-state index contributed by atoms with van der Waals surface area (Å²) in [7, 11) is 1.31. The molecule has 1 aliphatic rings. The number of rotatable bonds is 3. The molecular weight excluding hydrogens is 254 g/mol. The van der Waals surface area contributed by atoms with Gasteiger partial charge in [0.25, 0.3) is 0 Å². The Morgan fingerprint density at radius 3 is 2.67 bits per heavy atom. The fraction of sp³-hybridized carbons (Fsp3) is 0.385. The molecule has 1 fully saturated rings. The van der Waals surface area contributed by atoms with Crippen molar-refractivity contribution in [2.75, 3.05) is 12.4 Å². The molecule has 0 radical (unpaired) electrons. The Balaban J connectivity index is 2.15. The number of amides is 1. The molecule has 0 aliphatic heterocycles. The van der Waals surface area contributed by atoms with Gasteiger partial charge >= 0.3 is 5.97 Å². The topological polar surface area (TPSA) is 55.4 Å². The molecule has 96 valence electrons. The zero-order valence-electron chi connectivity index (χ0n) is 10.0. The maximum atomic E-state index is 11.8. The van der Waals surface area contributed by atoms with Crippen LogP contribution in [0.5, 0.6) is 0 Å². The summed E-state index contributed by atoms with van der Waals surface area (Å²) in [6.07, 6.45) is 2.92. The van der Waals surface area contributed by atoms with Gasteiger partial charge in [0.05, 0.1) is 23.4 Å². The molecule has 0 aromatic heterocycles. The van der Waals surface area contributed by atoms with Crippen LogP contribution in [-0.2, 0) is 9.53 Å². The number of anilines is 1. The van der Waals surface area contributed by atoms with E-state index in [9.17, 15) is 9.59 Å². The number of esters is 1. The molecule has 2 rings (SSSR count). The van der Waals surface area contributed by atoms with Gasteiger partial charge in [0.1, 0.15) is 0 Å². The maximum Gasteiger partial charge on any atom is 0.337 e. The molecule has 1 amide bonds. The first-order chi connectivity index (χ1) is 8.61. The lowest BCUT2D eigenvalue weighted by atomic mass is 9.85. The lowest BCUT2D eigenvalue weighted by molar-refractivity contribution is -0.122. The normalized spacial score (nSPS) is 14.8. The highest BCUT2D eigenvalue weighted by molar-refractivity contribution is 6.33. The summed E-state index contributed by atoms with van der Waals surface area (Å²) in [5.74, 6) is -0.418. The lowest BCUT2D eigenvalue weighted by Gasteiger charge is -2.24. The van der Waals surface area contributed by atoms with E-state index in [-0.39, 0.29) is 11.8 Å². The van der Waals surface area contributed by atoms with Gasteiger partial charge in [0.15, 0.2) is 0 Å². The summed E-state index contributed by atoms with van der Waals surface area (Å²) in [5.41, 5.74) is 0.822. The molecule has 0 heterocycles. The third-order valence-corrected chi connectivity index (χ3v) is 3.45. The average Bonchev–Trinajstić information content (AvgIpc) is 2.28. The molecule has 0 unspecified atom stereocenters. The van der Waals surface area contributed by atoms with E-state index in [0.29, 0.717) is 16.3 Å². The summed E-state index contributed by atoms with van der Waals surface area (Å²) in [6, 6.07) is 4.67. The molecule has 0 spiro atoms. The Bertz CT molecular complexity index is 483. The molecular formula is C13H14ClNO3. The highest BCUT2D eigenvalue weighted by atomic mass is 35.5. The summed E-state index contributed by atoms with van der Waals surface area (Å²) in [5, 5.41) is 3.17. The average molecular weight is 268 g/mol. The Morgan fingerprint density at radius 1 is 1.39 bits per heavy atom. The van der Waals surface area contributed by atoms with Crippen molar-refractivity contribution in [1.82, 2.24) is 0 Å². The number of halogens is 1. The van der Waals surface area contributed by atoms with Gasteiger partial charge in [-0.3, -0.25) is 4.79 Å². The fourth-order valence-electron chi connectivity index (χ4n) is 1.77. The maximum absolute atomic E-state index is 11.8. The Hall–Kier alpha value is -1.55. The quantitative estimate of drug-likeness (QED) is 0.857. The number of carbonyl (C=O) groups excluding carboxylic acids is 2. The van der Waals surface area contributed by atoms with E-state index < -0.39 is 5.97 Å². The molecule has 1 aliphatic carbocycles. The summed E-state index contributed by atoms with van der Waals surface area (Å²) in [4.78, 5) is 23.2. The SMILES string of the molecule is COC(=O)c1ccc(Cl)c(NC(=O)C2CCC2)c1. The molecule has 1 N–H and O–H groups in total. The second-order valence-electron chi connectivity index (χ2n) is 4.30. The second-order valence-corrected chi connectivity index (χ2v) is 4.71. The molecule has 1 saturated carbocycles. The van der Waals surface area contributed by atoms with Crippen molar-refractivity contribution in [3.8, 4) is 0 Å². The van der Waals surface area contributed by atoms with Crippen LogP contribution >= 0.6 is 11.6 Å². The summed E-state index contributed by atoms with van der Waals surface area (Å²) >= 11 is 5.99. The van der Waals surface area contributed by atoms with Gasteiger partial charge in [-0.2, -0.15) is 0 Å². The van der Waals surface area contributed by atoms with Crippen LogP contribution in [-0.4, -0.2) is 19.0 Å². The first-order valence-corrected chi connectivity index (χ1v) is 6.18. The Morgan fingerprint density at radius 2 is 2.11 bits per heavy atom. The molecule has 18 heavy (non-hydrogen) atoms. The standard InChI is InChI=1S/C13H14ClNO3/c1-18-13(17)9-5-6-10(14)11(7-9)15-12(16)8-3-2-4-8/h5-8H,2-4H2,1H3,(H,15,16). The van der Waals surface area contributed by atoms with Crippen LogP contribution in [0, 0.1) is 5.92 Å². The number of benzene rings is 1. The number of nitrogens with one attached hydrogen (secondary N) is 1. The number of ether oxygens (including phenoxy) is 1. The number of hydrogen-bond acceptors (Lipinski definition) is 3. The number of carbonyl (C=O) groups is 2. The molecule has 0 atom stereocenters. The number of methoxy groups -OCH3 is 1. The van der Waals surface area contributed by atoms with Crippen molar-refractivity contribution in [2.24, 2.45) is 5.92 Å². The highest BCUT2D eigenvalue weighted by Crippen LogP contribution is 2.29. The van der Waals surface area contributed by atoms with Crippen LogP contribution in [0.1, 0.15) is 29.6 Å². The largest absolute Gasteiger partial charge is 0.465 e. The first-order valence-electron chi connectivity index (χ1n) is 5.80. The molecule has 4 nitrogen and oxygen atoms in total. The van der Waals surface area contributed by atoms with Gasteiger partial charge in [-0.15, -0.1) is 0 Å². The Labute approximate surface area is 110 Å². The van der Waals surface area contributed by atoms with Gasteiger partial charge in [0.2, 0.25) is 5.91 Å². The van der Waals surface area contributed by atoms with Crippen molar-refractivity contribution < 1.29 is 14.3 Å². The van der Waals surface area contributed by atoms with Crippen LogP contribution in [0.3, 0.4) is 0 Å². The van der Waals surface area contributed by atoms with Crippen molar-refractivity contribution in [3.05, 3.63) is 28.8 Å². The van der Waals surface area contributed by atoms with E-state index >= 15 is 0 Å². The molecule has 1 aromatic rings. The zero-order chi connectivity index (χ0) is 13.1. The smallest absolute Gasteiger partial charge is 0.337 e. The van der Waals surface area contributed by atoms with E-state index in [1.807, 2.05) is 0 Å². The first kappa shape index (κ1) is 12.9. The highest BCUT2D eigenvalue weighted by Gasteiger charge is 2.25.